The van der Waals surface area contributed by atoms with E-state index in [9.17, 15) is 4.79 Å². The van der Waals surface area contributed by atoms with Crippen molar-refractivity contribution in [3.8, 4) is 0 Å². The first kappa shape index (κ1) is 18.2. The summed E-state index contributed by atoms with van der Waals surface area (Å²) in [5.41, 5.74) is 3.48. The van der Waals surface area contributed by atoms with Crippen LogP contribution in [0.25, 0.3) is 0 Å². The number of amides is 1. The first-order valence-electron chi connectivity index (χ1n) is 10.6. The zero-order chi connectivity index (χ0) is 19.8. The van der Waals surface area contributed by atoms with Crippen molar-refractivity contribution >= 4 is 5.91 Å². The van der Waals surface area contributed by atoms with Crippen molar-refractivity contribution in [1.82, 2.24) is 14.5 Å². The average molecular weight is 386 g/mol. The first-order chi connectivity index (χ1) is 14.2. The molecule has 0 radical (unpaired) electrons. The molecule has 5 rings (SSSR count). The molecule has 0 unspecified atom stereocenters. The molecule has 0 spiro atoms. The molecule has 1 fully saturated rings. The monoisotopic (exact) mass is 385 g/mol. The third kappa shape index (κ3) is 3.17. The van der Waals surface area contributed by atoms with Crippen LogP contribution < -0.4 is 0 Å². The van der Waals surface area contributed by atoms with Gasteiger partial charge in [0, 0.05) is 19.4 Å². The third-order valence-electron chi connectivity index (χ3n) is 6.69. The van der Waals surface area contributed by atoms with Crippen LogP contribution in [-0.4, -0.2) is 20.4 Å². The number of rotatable bonds is 5. The van der Waals surface area contributed by atoms with Crippen LogP contribution >= 0.6 is 0 Å². The highest BCUT2D eigenvalue weighted by Gasteiger charge is 2.54. The van der Waals surface area contributed by atoms with E-state index in [0.717, 1.165) is 43.5 Å². The van der Waals surface area contributed by atoms with Gasteiger partial charge in [-0.1, -0.05) is 54.6 Å². The molecule has 0 N–H and O–H groups in total. The summed E-state index contributed by atoms with van der Waals surface area (Å²) in [7, 11) is 2.00. The second-order valence-corrected chi connectivity index (χ2v) is 8.44. The van der Waals surface area contributed by atoms with Crippen molar-refractivity contribution in [3.63, 3.8) is 0 Å². The summed E-state index contributed by atoms with van der Waals surface area (Å²) in [4.78, 5) is 20.7. The van der Waals surface area contributed by atoms with Crippen molar-refractivity contribution in [1.29, 1.82) is 0 Å². The number of benzene rings is 2. The molecule has 0 bridgehead atoms. The van der Waals surface area contributed by atoms with Gasteiger partial charge >= 0.3 is 0 Å². The van der Waals surface area contributed by atoms with Gasteiger partial charge in [0.25, 0.3) is 0 Å². The molecule has 3 aromatic rings. The van der Waals surface area contributed by atoms with E-state index < -0.39 is 0 Å². The van der Waals surface area contributed by atoms with Crippen molar-refractivity contribution in [3.05, 3.63) is 89.5 Å². The highest BCUT2D eigenvalue weighted by molar-refractivity contribution is 5.91. The fourth-order valence-corrected chi connectivity index (χ4v) is 4.86. The van der Waals surface area contributed by atoms with Crippen LogP contribution in [0.3, 0.4) is 0 Å². The summed E-state index contributed by atoms with van der Waals surface area (Å²) >= 11 is 0. The Balaban J connectivity index is 1.55. The second-order valence-electron chi connectivity index (χ2n) is 8.44. The normalized spacial score (nSPS) is 19.4. The number of hydrogen-bond donors (Lipinski definition) is 0. The van der Waals surface area contributed by atoms with Gasteiger partial charge in [-0.3, -0.25) is 4.79 Å². The number of imidazole rings is 1. The fraction of sp³-hybridized carbons (Fsp3) is 0.360. The lowest BCUT2D eigenvalue weighted by atomic mass is 9.85. The largest absolute Gasteiger partial charge is 0.337 e. The van der Waals surface area contributed by atoms with Gasteiger partial charge in [-0.2, -0.15) is 0 Å². The number of carbonyl (C=O) groups excluding carboxylic acids is 1. The van der Waals surface area contributed by atoms with Crippen LogP contribution in [-0.2, 0) is 30.2 Å². The Morgan fingerprint density at radius 2 is 1.90 bits per heavy atom. The van der Waals surface area contributed by atoms with Crippen molar-refractivity contribution < 1.29 is 4.79 Å². The standard InChI is InChI=1S/C25H27N3O/c1-27-17-16-26-23(27)18-28(22-13-7-9-19-8-5-6-12-21(19)22)24(29)25(14-15-25)20-10-3-2-4-11-20/h2-6,8,10-12,16-17,22H,7,9,13-15,18H2,1H3/t22-/m0/s1. The zero-order valence-corrected chi connectivity index (χ0v) is 16.9. The van der Waals surface area contributed by atoms with Gasteiger partial charge < -0.3 is 9.47 Å². The van der Waals surface area contributed by atoms with E-state index >= 15 is 0 Å². The van der Waals surface area contributed by atoms with E-state index in [2.05, 4.69) is 46.3 Å². The van der Waals surface area contributed by atoms with Gasteiger partial charge in [-0.25, -0.2) is 4.98 Å². The van der Waals surface area contributed by atoms with Crippen LogP contribution in [0.5, 0.6) is 0 Å². The van der Waals surface area contributed by atoms with Gasteiger partial charge in [0.05, 0.1) is 18.0 Å². The maximum atomic E-state index is 14.1. The Hall–Kier alpha value is -2.88. The molecule has 1 heterocycles. The predicted molar refractivity (Wildman–Crippen MR) is 113 cm³/mol. The smallest absolute Gasteiger partial charge is 0.234 e. The number of aromatic nitrogens is 2. The van der Waals surface area contributed by atoms with E-state index in [0.29, 0.717) is 6.54 Å². The Kier molecular flexibility index (Phi) is 4.50. The lowest BCUT2D eigenvalue weighted by molar-refractivity contribution is -0.137. The zero-order valence-electron chi connectivity index (χ0n) is 16.9. The van der Waals surface area contributed by atoms with Crippen molar-refractivity contribution in [2.24, 2.45) is 7.05 Å². The Labute approximate surface area is 172 Å². The van der Waals surface area contributed by atoms with Gasteiger partial charge in [-0.15, -0.1) is 0 Å². The molecule has 2 aliphatic carbocycles. The minimum atomic E-state index is -0.362. The van der Waals surface area contributed by atoms with E-state index in [4.69, 9.17) is 0 Å². The number of aryl methyl sites for hydroxylation is 2. The predicted octanol–water partition coefficient (Wildman–Crippen LogP) is 4.56. The van der Waals surface area contributed by atoms with Gasteiger partial charge in [0.1, 0.15) is 5.82 Å². The maximum Gasteiger partial charge on any atom is 0.234 e. The lowest BCUT2D eigenvalue weighted by Crippen LogP contribution is -2.42. The third-order valence-corrected chi connectivity index (χ3v) is 6.69. The summed E-state index contributed by atoms with van der Waals surface area (Å²) in [5.74, 6) is 1.19. The fourth-order valence-electron chi connectivity index (χ4n) is 4.86. The van der Waals surface area contributed by atoms with Crippen LogP contribution in [0.1, 0.15) is 54.2 Å². The number of hydrogen-bond acceptors (Lipinski definition) is 2. The molecule has 4 nitrogen and oxygen atoms in total. The molecule has 148 valence electrons. The molecule has 1 aromatic heterocycles. The van der Waals surface area contributed by atoms with E-state index in [1.807, 2.05) is 42.2 Å². The van der Waals surface area contributed by atoms with Gasteiger partial charge in [0.2, 0.25) is 5.91 Å². The molecular formula is C25H27N3O. The van der Waals surface area contributed by atoms with E-state index in [1.54, 1.807) is 0 Å². The molecule has 1 atom stereocenters. The average Bonchev–Trinajstić information content (AvgIpc) is 3.49. The quantitative estimate of drug-likeness (QED) is 0.646. The number of fused-ring (bicyclic) bond motifs is 1. The number of carbonyl (C=O) groups is 1. The van der Waals surface area contributed by atoms with Crippen molar-refractivity contribution in [2.75, 3.05) is 0 Å². The van der Waals surface area contributed by atoms with E-state index in [1.165, 1.54) is 11.1 Å². The lowest BCUT2D eigenvalue weighted by Gasteiger charge is -2.38. The molecule has 0 saturated heterocycles. The van der Waals surface area contributed by atoms with Crippen LogP contribution in [0, 0.1) is 0 Å². The summed E-state index contributed by atoms with van der Waals surface area (Å²) in [6.45, 7) is 0.552. The Bertz CT molecular complexity index is 1020. The Morgan fingerprint density at radius 3 is 2.62 bits per heavy atom. The molecular weight excluding hydrogens is 358 g/mol. The Morgan fingerprint density at radius 1 is 1.14 bits per heavy atom. The first-order valence-corrected chi connectivity index (χ1v) is 10.6. The second kappa shape index (κ2) is 7.18. The molecule has 2 aliphatic rings. The summed E-state index contributed by atoms with van der Waals surface area (Å²) < 4.78 is 2.02. The molecule has 29 heavy (non-hydrogen) atoms. The van der Waals surface area contributed by atoms with Crippen LogP contribution in [0.2, 0.25) is 0 Å². The molecule has 1 saturated carbocycles. The summed E-state index contributed by atoms with van der Waals surface area (Å²) in [6.07, 6.45) is 8.86. The molecule has 4 heteroatoms. The minimum absolute atomic E-state index is 0.116. The van der Waals surface area contributed by atoms with Crippen molar-refractivity contribution in [2.45, 2.75) is 50.1 Å². The molecule has 0 aliphatic heterocycles. The minimum Gasteiger partial charge on any atom is -0.337 e. The molecule has 2 aromatic carbocycles. The van der Waals surface area contributed by atoms with Crippen LogP contribution in [0.15, 0.2) is 67.0 Å². The highest BCUT2D eigenvalue weighted by Crippen LogP contribution is 2.51. The highest BCUT2D eigenvalue weighted by atomic mass is 16.2. The summed E-state index contributed by atoms with van der Waals surface area (Å²) in [5, 5.41) is 0. The molecule has 1 amide bonds. The topological polar surface area (TPSA) is 38.1 Å². The summed E-state index contributed by atoms with van der Waals surface area (Å²) in [6, 6.07) is 19.1. The van der Waals surface area contributed by atoms with Gasteiger partial charge in [-0.05, 0) is 48.8 Å². The SMILES string of the molecule is Cn1ccnc1CN(C(=O)C1(c2ccccc2)CC1)[C@H]1CCCc2ccccc21. The maximum absolute atomic E-state index is 14.1. The number of nitrogens with zero attached hydrogens (tertiary/aromatic N) is 3. The van der Waals surface area contributed by atoms with Crippen LogP contribution in [0.4, 0.5) is 0 Å². The van der Waals surface area contributed by atoms with E-state index in [-0.39, 0.29) is 17.4 Å². The van der Waals surface area contributed by atoms with Gasteiger partial charge in [0.15, 0.2) is 0 Å².